The fourth-order valence-corrected chi connectivity index (χ4v) is 4.79. The molecule has 2 aliphatic heterocycles. The maximum Gasteiger partial charge on any atom is 0.251 e. The van der Waals surface area contributed by atoms with Gasteiger partial charge in [-0.1, -0.05) is 30.3 Å². The van der Waals surface area contributed by atoms with Gasteiger partial charge in [-0.25, -0.2) is 0 Å². The van der Waals surface area contributed by atoms with Crippen molar-refractivity contribution < 1.29 is 19.0 Å². The van der Waals surface area contributed by atoms with Crippen LogP contribution in [0.1, 0.15) is 34.9 Å². The van der Waals surface area contributed by atoms with Crippen molar-refractivity contribution in [3.05, 3.63) is 71.8 Å². The van der Waals surface area contributed by atoms with Crippen LogP contribution >= 0.6 is 0 Å². The van der Waals surface area contributed by atoms with E-state index in [1.807, 2.05) is 54.6 Å². The molecule has 33 heavy (non-hydrogen) atoms. The molecule has 0 spiro atoms. The highest BCUT2D eigenvalue weighted by Gasteiger charge is 2.38. The van der Waals surface area contributed by atoms with Crippen LogP contribution in [-0.2, 0) is 4.74 Å². The number of methoxy groups -OCH3 is 1. The Bertz CT molecular complexity index is 1130. The normalized spacial score (nSPS) is 19.9. The number of nitrogens with one attached hydrogen (secondary N) is 1. The van der Waals surface area contributed by atoms with Crippen molar-refractivity contribution in [2.24, 2.45) is 0 Å². The molecule has 2 aliphatic rings. The number of fused-ring (bicyclic) bond motifs is 4. The Morgan fingerprint density at radius 2 is 1.97 bits per heavy atom. The van der Waals surface area contributed by atoms with Gasteiger partial charge in [0.15, 0.2) is 0 Å². The van der Waals surface area contributed by atoms with Gasteiger partial charge in [0, 0.05) is 24.2 Å². The van der Waals surface area contributed by atoms with Gasteiger partial charge in [0.2, 0.25) is 0 Å². The van der Waals surface area contributed by atoms with Crippen molar-refractivity contribution in [2.75, 3.05) is 40.0 Å². The number of rotatable bonds is 7. The Morgan fingerprint density at radius 1 is 1.09 bits per heavy atom. The second-order valence-corrected chi connectivity index (χ2v) is 8.63. The molecule has 3 aromatic rings. The standard InChI is InChI=1S/C27H30N2O4/c1-31-22-10-11-25-23(17-22)26-24(18-33-25)29(14-15-32-26)13-5-4-12-28-27(30)21-9-8-19-6-2-3-7-20(19)16-21/h2-3,6-11,16-17,24,26H,4-5,12-15,18H2,1H3,(H,28,30)/t24-,26-/m1/s1. The Morgan fingerprint density at radius 3 is 2.85 bits per heavy atom. The van der Waals surface area contributed by atoms with Gasteiger partial charge in [0.05, 0.1) is 19.8 Å². The number of morpholine rings is 1. The molecule has 6 nitrogen and oxygen atoms in total. The first-order valence-electron chi connectivity index (χ1n) is 11.7. The SMILES string of the molecule is COc1ccc2c(c1)[C@H]1OCCN(CCCCNC(=O)c3ccc4ccccc4c3)[C@@H]1CO2. The zero-order valence-electron chi connectivity index (χ0n) is 19.0. The van der Waals surface area contributed by atoms with Gasteiger partial charge >= 0.3 is 0 Å². The van der Waals surface area contributed by atoms with Crippen molar-refractivity contribution >= 4 is 16.7 Å². The molecule has 3 aromatic carbocycles. The number of hydrogen-bond acceptors (Lipinski definition) is 5. The first kappa shape index (κ1) is 21.7. The monoisotopic (exact) mass is 446 g/mol. The summed E-state index contributed by atoms with van der Waals surface area (Å²) in [6, 6.07) is 20.0. The molecule has 0 unspecified atom stereocenters. The van der Waals surface area contributed by atoms with Crippen LogP contribution in [0.4, 0.5) is 0 Å². The van der Waals surface area contributed by atoms with Crippen LogP contribution in [0.15, 0.2) is 60.7 Å². The van der Waals surface area contributed by atoms with Gasteiger partial charge in [-0.3, -0.25) is 9.69 Å². The van der Waals surface area contributed by atoms with E-state index in [4.69, 9.17) is 14.2 Å². The lowest BCUT2D eigenvalue weighted by Crippen LogP contribution is -2.52. The van der Waals surface area contributed by atoms with Gasteiger partial charge in [0.1, 0.15) is 24.2 Å². The summed E-state index contributed by atoms with van der Waals surface area (Å²) in [5, 5.41) is 5.29. The van der Waals surface area contributed by atoms with E-state index in [-0.39, 0.29) is 18.1 Å². The van der Waals surface area contributed by atoms with Crippen LogP contribution in [0.2, 0.25) is 0 Å². The van der Waals surface area contributed by atoms with E-state index in [1.54, 1.807) is 7.11 Å². The molecule has 2 atom stereocenters. The van der Waals surface area contributed by atoms with E-state index < -0.39 is 0 Å². The highest BCUT2D eigenvalue weighted by Crippen LogP contribution is 2.40. The largest absolute Gasteiger partial charge is 0.497 e. The van der Waals surface area contributed by atoms with Crippen molar-refractivity contribution in [3.63, 3.8) is 0 Å². The third-order valence-electron chi connectivity index (χ3n) is 6.60. The van der Waals surface area contributed by atoms with Gasteiger partial charge in [0.25, 0.3) is 5.91 Å². The molecule has 172 valence electrons. The summed E-state index contributed by atoms with van der Waals surface area (Å²) in [5.74, 6) is 1.69. The lowest BCUT2D eigenvalue weighted by Gasteiger charge is -2.44. The predicted molar refractivity (Wildman–Crippen MR) is 128 cm³/mol. The highest BCUT2D eigenvalue weighted by molar-refractivity contribution is 5.98. The highest BCUT2D eigenvalue weighted by atomic mass is 16.5. The summed E-state index contributed by atoms with van der Waals surface area (Å²) >= 11 is 0. The molecule has 1 saturated heterocycles. The summed E-state index contributed by atoms with van der Waals surface area (Å²) in [5.41, 5.74) is 1.77. The Hall–Kier alpha value is -3.09. The first-order valence-corrected chi connectivity index (χ1v) is 11.7. The number of amides is 1. The van der Waals surface area contributed by atoms with Crippen molar-refractivity contribution in [1.82, 2.24) is 10.2 Å². The molecule has 1 fully saturated rings. The zero-order chi connectivity index (χ0) is 22.6. The second kappa shape index (κ2) is 9.81. The summed E-state index contributed by atoms with van der Waals surface area (Å²) < 4.78 is 17.6. The number of unbranched alkanes of at least 4 members (excludes halogenated alkanes) is 1. The smallest absolute Gasteiger partial charge is 0.251 e. The van der Waals surface area contributed by atoms with Gasteiger partial charge < -0.3 is 19.5 Å². The molecule has 5 rings (SSSR count). The van der Waals surface area contributed by atoms with Crippen LogP contribution in [0.25, 0.3) is 10.8 Å². The van der Waals surface area contributed by atoms with Crippen molar-refractivity contribution in [3.8, 4) is 11.5 Å². The van der Waals surface area contributed by atoms with E-state index in [9.17, 15) is 4.79 Å². The number of hydrogen-bond donors (Lipinski definition) is 1. The first-order chi connectivity index (χ1) is 16.2. The molecule has 0 radical (unpaired) electrons. The second-order valence-electron chi connectivity index (χ2n) is 8.63. The number of carbonyl (C=O) groups excluding carboxylic acids is 1. The third-order valence-corrected chi connectivity index (χ3v) is 6.60. The van der Waals surface area contributed by atoms with Crippen LogP contribution in [0.3, 0.4) is 0 Å². The number of carbonyl (C=O) groups is 1. The third kappa shape index (κ3) is 4.68. The van der Waals surface area contributed by atoms with Crippen LogP contribution in [0, 0.1) is 0 Å². The Balaban J connectivity index is 1.11. The summed E-state index contributed by atoms with van der Waals surface area (Å²) in [6.45, 7) is 3.85. The van der Waals surface area contributed by atoms with E-state index in [0.717, 1.165) is 53.8 Å². The van der Waals surface area contributed by atoms with Crippen LogP contribution in [0.5, 0.6) is 11.5 Å². The molecule has 0 bridgehead atoms. The molecule has 1 amide bonds. The van der Waals surface area contributed by atoms with E-state index >= 15 is 0 Å². The molecule has 0 saturated carbocycles. The maximum absolute atomic E-state index is 12.5. The van der Waals surface area contributed by atoms with Crippen molar-refractivity contribution in [1.29, 1.82) is 0 Å². The van der Waals surface area contributed by atoms with E-state index in [2.05, 4.69) is 16.3 Å². The lowest BCUT2D eigenvalue weighted by molar-refractivity contribution is -0.0960. The summed E-state index contributed by atoms with van der Waals surface area (Å²) in [4.78, 5) is 15.0. The lowest BCUT2D eigenvalue weighted by atomic mass is 9.96. The molecular weight excluding hydrogens is 416 g/mol. The Labute approximate surface area is 194 Å². The predicted octanol–water partition coefficient (Wildman–Crippen LogP) is 4.19. The molecule has 6 heteroatoms. The molecular formula is C27H30N2O4. The fraction of sp³-hybridized carbons (Fsp3) is 0.370. The number of benzene rings is 3. The van der Waals surface area contributed by atoms with Crippen LogP contribution in [-0.4, -0.2) is 56.8 Å². The van der Waals surface area contributed by atoms with Gasteiger partial charge in [-0.15, -0.1) is 0 Å². The molecule has 1 N–H and O–H groups in total. The number of nitrogens with zero attached hydrogens (tertiary/aromatic N) is 1. The minimum Gasteiger partial charge on any atom is -0.497 e. The van der Waals surface area contributed by atoms with Crippen molar-refractivity contribution in [2.45, 2.75) is 25.0 Å². The van der Waals surface area contributed by atoms with Gasteiger partial charge in [-0.05, 0) is 60.5 Å². The maximum atomic E-state index is 12.5. The fourth-order valence-electron chi connectivity index (χ4n) is 4.79. The quantitative estimate of drug-likeness (QED) is 0.552. The minimum atomic E-state index is -0.0153. The van der Waals surface area contributed by atoms with Gasteiger partial charge in [-0.2, -0.15) is 0 Å². The molecule has 0 aromatic heterocycles. The topological polar surface area (TPSA) is 60.0 Å². The molecule has 2 heterocycles. The van der Waals surface area contributed by atoms with Crippen LogP contribution < -0.4 is 14.8 Å². The molecule has 0 aliphatic carbocycles. The average molecular weight is 447 g/mol. The summed E-state index contributed by atoms with van der Waals surface area (Å²) in [7, 11) is 1.68. The van der Waals surface area contributed by atoms with E-state index in [1.165, 1.54) is 0 Å². The van der Waals surface area contributed by atoms with E-state index in [0.29, 0.717) is 25.3 Å². The average Bonchev–Trinajstić information content (AvgIpc) is 2.87. The number of ether oxygens (including phenoxy) is 3. The zero-order valence-corrected chi connectivity index (χ0v) is 19.0. The minimum absolute atomic E-state index is 0.00482. The Kier molecular flexibility index (Phi) is 6.46. The summed E-state index contributed by atoms with van der Waals surface area (Å²) in [6.07, 6.45) is 1.94.